The summed E-state index contributed by atoms with van der Waals surface area (Å²) in [7, 11) is 0.01000. The summed E-state index contributed by atoms with van der Waals surface area (Å²) in [5, 5.41) is 24.9. The number of nitrogens with zero attached hydrogens (tertiary/aromatic N) is 9. The predicted octanol–water partition coefficient (Wildman–Crippen LogP) is 10.8. The highest BCUT2D eigenvalue weighted by Crippen LogP contribution is 2.37. The van der Waals surface area contributed by atoms with Gasteiger partial charge in [0.05, 0.1) is 90.4 Å². The van der Waals surface area contributed by atoms with E-state index in [0.717, 1.165) is 54.4 Å². The average molecular weight is 1170 g/mol. The summed E-state index contributed by atoms with van der Waals surface area (Å²) >= 11 is 0. The van der Waals surface area contributed by atoms with Crippen LogP contribution >= 0.6 is 0 Å². The number of rotatable bonds is 24. The first kappa shape index (κ1) is 60.8. The highest BCUT2D eigenvalue weighted by atomic mass is 28.3. The van der Waals surface area contributed by atoms with Crippen molar-refractivity contribution in [3.63, 3.8) is 0 Å². The number of nitriles is 2. The van der Waals surface area contributed by atoms with Crippen molar-refractivity contribution in [1.29, 1.82) is 10.5 Å². The third-order valence-electron chi connectivity index (χ3n) is 15.5. The van der Waals surface area contributed by atoms with Gasteiger partial charge < -0.3 is 37.6 Å². The van der Waals surface area contributed by atoms with Gasteiger partial charge in [0.25, 0.3) is 0 Å². The molecule has 7 aromatic rings. The molecule has 2 aliphatic carbocycles. The minimum Gasteiger partial charge on any atom is -0.492 e. The molecule has 3 aromatic heterocycles. The van der Waals surface area contributed by atoms with E-state index >= 15 is 0 Å². The lowest BCUT2D eigenvalue weighted by Crippen LogP contribution is -2.33. The molecule has 0 amide bonds. The van der Waals surface area contributed by atoms with E-state index in [2.05, 4.69) is 56.5 Å². The molecule has 19 nitrogen and oxygen atoms in total. The van der Waals surface area contributed by atoms with Crippen LogP contribution in [0.3, 0.4) is 0 Å². The van der Waals surface area contributed by atoms with Crippen LogP contribution in [0.25, 0.3) is 33.0 Å². The quantitative estimate of drug-likeness (QED) is 0.0311. The van der Waals surface area contributed by atoms with Gasteiger partial charge >= 0.3 is 11.9 Å². The lowest BCUT2D eigenvalue weighted by molar-refractivity contribution is -0.143. The molecule has 0 spiro atoms. The van der Waals surface area contributed by atoms with Crippen molar-refractivity contribution in [2.24, 2.45) is 22.7 Å². The number of aromatic nitrogens is 6. The van der Waals surface area contributed by atoms with Crippen LogP contribution in [0.1, 0.15) is 95.9 Å². The molecule has 21 heteroatoms. The number of esters is 2. The van der Waals surface area contributed by atoms with Gasteiger partial charge in [-0.3, -0.25) is 28.9 Å². The Hall–Kier alpha value is -7.83. The lowest BCUT2D eigenvalue weighted by Gasteiger charge is -2.25. The topological polar surface area (TPSA) is 237 Å². The molecule has 4 aromatic carbocycles. The molecule has 2 saturated carbocycles. The Bertz CT molecular complexity index is 3800. The van der Waals surface area contributed by atoms with E-state index in [0.29, 0.717) is 106 Å². The zero-order valence-electron chi connectivity index (χ0n) is 49.8. The van der Waals surface area contributed by atoms with Crippen molar-refractivity contribution in [3.05, 3.63) is 123 Å². The molecule has 0 N–H and O–H groups in total. The van der Waals surface area contributed by atoms with Crippen molar-refractivity contribution < 1.29 is 42.8 Å². The van der Waals surface area contributed by atoms with Crippen molar-refractivity contribution >= 4 is 72.6 Å². The Morgan fingerprint density at radius 3 is 1.82 bits per heavy atom. The number of para-hydroxylation sites is 1. The van der Waals surface area contributed by atoms with Gasteiger partial charge in [0, 0.05) is 58.9 Å². The summed E-state index contributed by atoms with van der Waals surface area (Å²) in [5.74, 6) is 0.563. The van der Waals surface area contributed by atoms with E-state index in [9.17, 15) is 29.7 Å². The summed E-state index contributed by atoms with van der Waals surface area (Å²) in [4.78, 5) is 66.1. The molecular formula is C63H75N9O10Si2. The van der Waals surface area contributed by atoms with Crippen LogP contribution in [0.2, 0.25) is 51.4 Å². The third kappa shape index (κ3) is 14.4. The normalized spacial score (nSPS) is 15.8. The molecular weight excluding hydrogens is 1100 g/mol. The van der Waals surface area contributed by atoms with Crippen LogP contribution in [0.5, 0.6) is 11.5 Å². The Morgan fingerprint density at radius 1 is 0.679 bits per heavy atom. The first-order valence-corrected chi connectivity index (χ1v) is 36.2. The lowest BCUT2D eigenvalue weighted by atomic mass is 9.86. The van der Waals surface area contributed by atoms with Crippen molar-refractivity contribution in [2.45, 2.75) is 129 Å². The fraction of sp³-hybridized carbons (Fsp3) is 0.460. The van der Waals surface area contributed by atoms with E-state index in [1.165, 1.54) is 14.2 Å². The Morgan fingerprint density at radius 2 is 1.21 bits per heavy atom. The summed E-state index contributed by atoms with van der Waals surface area (Å²) in [6.45, 7) is 20.3. The van der Waals surface area contributed by atoms with E-state index in [4.69, 9.17) is 43.4 Å². The molecule has 4 heterocycles. The first-order chi connectivity index (χ1) is 40.2. The van der Waals surface area contributed by atoms with Gasteiger partial charge in [0.15, 0.2) is 0 Å². The van der Waals surface area contributed by atoms with Crippen molar-refractivity contribution in [3.8, 4) is 23.6 Å². The number of Topliss-reactive ketones (excluding diaryl/α,β-unsaturated/α-hetero) is 1. The minimum absolute atomic E-state index is 0.108. The smallest absolute Gasteiger partial charge is 0.314 e. The Labute approximate surface area is 491 Å². The number of carbonyl (C=O) groups excluding carboxylic acids is 3. The number of fused-ring (bicyclic) bond motifs is 4. The third-order valence-corrected chi connectivity index (χ3v) is 18.9. The fourth-order valence-corrected chi connectivity index (χ4v) is 11.4. The monoisotopic (exact) mass is 1170 g/mol. The maximum absolute atomic E-state index is 13.3. The van der Waals surface area contributed by atoms with Crippen LogP contribution in [0, 0.1) is 40.4 Å². The molecule has 84 heavy (non-hydrogen) atoms. The molecule has 3 unspecified atom stereocenters. The molecule has 0 saturated heterocycles. The number of ketones is 1. The van der Waals surface area contributed by atoms with Crippen LogP contribution in [-0.2, 0) is 55.0 Å². The number of hydrogen-bond donors (Lipinski definition) is 0. The predicted molar refractivity (Wildman–Crippen MR) is 325 cm³/mol. The number of imidazole rings is 2. The maximum Gasteiger partial charge on any atom is 0.314 e. The summed E-state index contributed by atoms with van der Waals surface area (Å²) in [6.07, 6.45) is 4.97. The van der Waals surface area contributed by atoms with Gasteiger partial charge in [-0.15, -0.1) is 0 Å². The van der Waals surface area contributed by atoms with E-state index in [1.807, 2.05) is 57.7 Å². The average Bonchev–Trinajstić information content (AvgIpc) is 3.55. The molecule has 3 atom stereocenters. The first-order valence-electron chi connectivity index (χ1n) is 28.8. The van der Waals surface area contributed by atoms with Gasteiger partial charge in [-0.2, -0.15) is 15.6 Å². The second-order valence-corrected chi connectivity index (χ2v) is 35.8. The highest BCUT2D eigenvalue weighted by molar-refractivity contribution is 6.76. The Kier molecular flexibility index (Phi) is 18.8. The highest BCUT2D eigenvalue weighted by Gasteiger charge is 2.36. The SMILES string of the molecule is COC(=O)C(C)C1=NC(Cc2nc3cc(OCC4CC4)c(C#N)cc3n2COCC[Si](C)(C)C)c2ccccc2C1=O.COC(=O)C(C)c1nn(Cc2nc3cc(C#N)c(OCC4CC4)cc3n2COCC[Si](C)(C)C)c2ccccc2c1=O. The van der Waals surface area contributed by atoms with Gasteiger partial charge in [-0.05, 0) is 93.3 Å². The van der Waals surface area contributed by atoms with Crippen LogP contribution in [-0.4, -0.2) is 109 Å². The van der Waals surface area contributed by atoms with E-state index < -0.39 is 46.0 Å². The zero-order chi connectivity index (χ0) is 60.0. The second-order valence-electron chi connectivity index (χ2n) is 24.5. The van der Waals surface area contributed by atoms with Crippen LogP contribution in [0.15, 0.2) is 82.6 Å². The van der Waals surface area contributed by atoms with Crippen molar-refractivity contribution in [1.82, 2.24) is 28.9 Å². The number of hydrogen-bond acceptors (Lipinski definition) is 16. The molecule has 1 aliphatic heterocycles. The van der Waals surface area contributed by atoms with E-state index in [1.54, 1.807) is 42.8 Å². The van der Waals surface area contributed by atoms with Gasteiger partial charge in [0.2, 0.25) is 11.2 Å². The standard InChI is InChI=1S/C32H38N4O5Si.C31H37N5O5Si/c1-20(32(38)39-2)30-31(37)24-9-7-6-8-23(24)25(35-30)16-29-34-26-15-28(41-18-21-10-11-21)22(17-33)14-27(26)36(29)19-40-12-13-42(3,4)5;1-20(31(38)39-2)29-30(37)23-8-6-7-9-25(23)36(34-29)17-28-33-24-14-22(16-32)27(41-18-21-10-11-21)15-26(24)35(28)19-40-12-13-42(3,4)5/h6-9,14-15,20-21,25H,10-13,16,18-19H2,1-5H3;6-9,14-15,20-21H,10-13,17-19H2,1-5H3. The molecule has 3 aliphatic rings. The van der Waals surface area contributed by atoms with Crippen molar-refractivity contribution in [2.75, 3.05) is 40.6 Å². The summed E-state index contributed by atoms with van der Waals surface area (Å²) < 4.78 is 39.9. The largest absolute Gasteiger partial charge is 0.492 e. The molecule has 0 radical (unpaired) electrons. The molecule has 0 bridgehead atoms. The molecule has 2 fully saturated rings. The summed E-state index contributed by atoms with van der Waals surface area (Å²) in [6, 6.07) is 28.0. The molecule has 440 valence electrons. The maximum atomic E-state index is 13.3. The zero-order valence-corrected chi connectivity index (χ0v) is 51.8. The number of aliphatic imine (C=N–C) groups is 1. The fourth-order valence-electron chi connectivity index (χ4n) is 9.87. The number of carbonyl (C=O) groups is 3. The molecule has 10 rings (SSSR count). The van der Waals surface area contributed by atoms with Gasteiger partial charge in [-0.1, -0.05) is 75.7 Å². The number of benzene rings is 4. The van der Waals surface area contributed by atoms with Gasteiger partial charge in [0.1, 0.15) is 60.4 Å². The Balaban J connectivity index is 0.000000202. The summed E-state index contributed by atoms with van der Waals surface area (Å²) in [5.41, 5.74) is 5.72. The van der Waals surface area contributed by atoms with Gasteiger partial charge in [-0.25, -0.2) is 9.97 Å². The minimum atomic E-state index is -1.30. The number of methoxy groups -OCH3 is 2. The number of ether oxygens (including phenoxy) is 6. The second kappa shape index (κ2) is 26.0. The van der Waals surface area contributed by atoms with Crippen LogP contribution < -0.4 is 14.9 Å². The van der Waals surface area contributed by atoms with Crippen LogP contribution in [0.4, 0.5) is 0 Å². The van der Waals surface area contributed by atoms with E-state index in [-0.39, 0.29) is 42.6 Å².